The molecule has 1 spiro atoms. The maximum Gasteiger partial charge on any atom is 0.0933 e. The average Bonchev–Trinajstić information content (AvgIpc) is 2.77. The summed E-state index contributed by atoms with van der Waals surface area (Å²) in [5.74, 6) is 0. The van der Waals surface area contributed by atoms with Gasteiger partial charge in [-0.2, -0.15) is 0 Å². The molecule has 1 saturated carbocycles. The maximum atomic E-state index is 4.05. The highest BCUT2D eigenvalue weighted by molar-refractivity contribution is 5.65. The predicted molar refractivity (Wildman–Crippen MR) is 37.8 cm³/mol. The van der Waals surface area contributed by atoms with Crippen molar-refractivity contribution in [1.29, 1.82) is 0 Å². The van der Waals surface area contributed by atoms with E-state index in [1.165, 1.54) is 24.0 Å². The molecule has 0 atom stereocenters. The molecule has 1 heterocycles. The van der Waals surface area contributed by atoms with E-state index in [2.05, 4.69) is 18.1 Å². The predicted octanol–water partition coefficient (Wildman–Crippen LogP) is 1.58. The van der Waals surface area contributed by atoms with Crippen LogP contribution in [-0.2, 0) is 5.41 Å². The van der Waals surface area contributed by atoms with Crippen molar-refractivity contribution in [1.82, 2.24) is 4.98 Å². The molecule has 0 saturated heterocycles. The number of aromatic nitrogens is 1. The third-order valence-corrected chi connectivity index (χ3v) is 2.72. The molecule has 10 heavy (non-hydrogen) atoms. The monoisotopic (exact) mass is 130 g/mol. The normalized spacial score (nSPS) is 22.5. The highest BCUT2D eigenvalue weighted by atomic mass is 14.7. The number of nitrogens with zero attached hydrogens (tertiary/aromatic N) is 1. The van der Waals surface area contributed by atoms with E-state index in [0.717, 1.165) is 0 Å². The van der Waals surface area contributed by atoms with Crippen LogP contribution in [0, 0.1) is 13.1 Å². The lowest BCUT2D eigenvalue weighted by Gasteiger charge is -1.83. The molecule has 1 aromatic heterocycles. The van der Waals surface area contributed by atoms with Gasteiger partial charge in [0, 0.05) is 11.6 Å². The van der Waals surface area contributed by atoms with Gasteiger partial charge in [0.2, 0.25) is 0 Å². The Morgan fingerprint density at radius 1 is 1.60 bits per heavy atom. The molecule has 2 aliphatic rings. The van der Waals surface area contributed by atoms with Gasteiger partial charge in [-0.3, -0.25) is 4.98 Å². The van der Waals surface area contributed by atoms with Gasteiger partial charge < -0.3 is 0 Å². The first kappa shape index (κ1) is 4.89. The van der Waals surface area contributed by atoms with Crippen LogP contribution < -0.4 is 0 Å². The number of fused-ring (bicyclic) bond motifs is 3. The maximum absolute atomic E-state index is 4.05. The van der Waals surface area contributed by atoms with Gasteiger partial charge in [0.25, 0.3) is 0 Å². The van der Waals surface area contributed by atoms with Crippen LogP contribution in [0.1, 0.15) is 29.5 Å². The Bertz CT molecular complexity index is 311. The van der Waals surface area contributed by atoms with E-state index < -0.39 is 0 Å². The molecule has 0 amide bonds. The summed E-state index contributed by atoms with van der Waals surface area (Å²) >= 11 is 0. The van der Waals surface area contributed by atoms with Gasteiger partial charge in [-0.05, 0) is 36.5 Å². The molecule has 2 aliphatic carbocycles. The van der Waals surface area contributed by atoms with Crippen LogP contribution in [0.4, 0.5) is 0 Å². The van der Waals surface area contributed by atoms with Crippen molar-refractivity contribution in [2.24, 2.45) is 0 Å². The van der Waals surface area contributed by atoms with Crippen LogP contribution in [0.2, 0.25) is 0 Å². The zero-order valence-electron chi connectivity index (χ0n) is 5.94. The summed E-state index contributed by atoms with van der Waals surface area (Å²) in [4.78, 5) is 4.05. The summed E-state index contributed by atoms with van der Waals surface area (Å²) in [7, 11) is 0. The van der Waals surface area contributed by atoms with Crippen molar-refractivity contribution < 1.29 is 0 Å². The molecular formula is C9H8N. The number of hydrogen-bond donors (Lipinski definition) is 0. The largest absolute Gasteiger partial charge is 0.254 e. The molecule has 1 aromatic rings. The summed E-state index contributed by atoms with van der Waals surface area (Å²) in [6.45, 7) is 2.15. The first-order valence-corrected chi connectivity index (χ1v) is 3.73. The lowest BCUT2D eigenvalue weighted by molar-refractivity contribution is 1.06. The van der Waals surface area contributed by atoms with Gasteiger partial charge >= 0.3 is 0 Å². The minimum Gasteiger partial charge on any atom is -0.254 e. The molecule has 0 aliphatic heterocycles. The van der Waals surface area contributed by atoms with Crippen LogP contribution >= 0.6 is 0 Å². The smallest absolute Gasteiger partial charge is 0.0933 e. The van der Waals surface area contributed by atoms with E-state index in [0.29, 0.717) is 5.41 Å². The Morgan fingerprint density at radius 3 is 3.00 bits per heavy atom. The van der Waals surface area contributed by atoms with Gasteiger partial charge in [0.1, 0.15) is 0 Å². The second-order valence-electron chi connectivity index (χ2n) is 3.39. The summed E-state index contributed by atoms with van der Waals surface area (Å²) in [5, 5.41) is 0. The fourth-order valence-corrected chi connectivity index (χ4v) is 1.98. The molecular weight excluding hydrogens is 122 g/mol. The summed E-state index contributed by atoms with van der Waals surface area (Å²) in [6.07, 6.45) is 7.70. The van der Waals surface area contributed by atoms with E-state index in [4.69, 9.17) is 0 Å². The summed E-state index contributed by atoms with van der Waals surface area (Å²) in [5.41, 5.74) is 4.86. The molecule has 1 radical (unpaired) electrons. The fourth-order valence-electron chi connectivity index (χ4n) is 1.98. The Hall–Kier alpha value is -0.850. The minimum atomic E-state index is 0.528. The van der Waals surface area contributed by atoms with Crippen molar-refractivity contribution in [3.05, 3.63) is 29.1 Å². The van der Waals surface area contributed by atoms with Crippen molar-refractivity contribution in [3.63, 3.8) is 0 Å². The lowest BCUT2D eigenvalue weighted by atomic mass is 10.2. The van der Waals surface area contributed by atoms with Gasteiger partial charge in [-0.1, -0.05) is 0 Å². The van der Waals surface area contributed by atoms with E-state index in [1.807, 2.05) is 6.20 Å². The number of pyridine rings is 1. The molecule has 1 nitrogen and oxygen atoms in total. The lowest BCUT2D eigenvalue weighted by Crippen LogP contribution is -1.74. The topological polar surface area (TPSA) is 12.9 Å². The van der Waals surface area contributed by atoms with E-state index in [-0.39, 0.29) is 0 Å². The second-order valence-corrected chi connectivity index (χ2v) is 3.39. The van der Waals surface area contributed by atoms with Gasteiger partial charge in [0.05, 0.1) is 6.20 Å². The quantitative estimate of drug-likeness (QED) is 0.519. The molecule has 0 aromatic carbocycles. The van der Waals surface area contributed by atoms with Gasteiger partial charge in [-0.15, -0.1) is 0 Å². The molecule has 49 valence electrons. The van der Waals surface area contributed by atoms with E-state index in [9.17, 15) is 0 Å². The third kappa shape index (κ3) is 0.341. The van der Waals surface area contributed by atoms with Crippen LogP contribution in [0.15, 0.2) is 6.20 Å². The molecule has 0 bridgehead atoms. The van der Waals surface area contributed by atoms with Crippen molar-refractivity contribution >= 4 is 0 Å². The highest BCUT2D eigenvalue weighted by Gasteiger charge is 2.61. The average molecular weight is 130 g/mol. The Kier molecular flexibility index (Phi) is 0.555. The highest BCUT2D eigenvalue weighted by Crippen LogP contribution is 2.67. The van der Waals surface area contributed by atoms with Crippen LogP contribution in [-0.4, -0.2) is 4.98 Å². The molecule has 0 unspecified atom stereocenters. The van der Waals surface area contributed by atoms with Crippen LogP contribution in [0.5, 0.6) is 0 Å². The first-order valence-electron chi connectivity index (χ1n) is 3.73. The first-order chi connectivity index (χ1) is 4.84. The van der Waals surface area contributed by atoms with E-state index in [1.54, 1.807) is 5.56 Å². The van der Waals surface area contributed by atoms with Crippen molar-refractivity contribution in [2.45, 2.75) is 25.2 Å². The SMILES string of the molecule is Cc1cn[c]c2c1C21CC1. The molecule has 3 rings (SSSR count). The zero-order chi connectivity index (χ0) is 6.77. The van der Waals surface area contributed by atoms with Gasteiger partial charge in [-0.25, -0.2) is 0 Å². The van der Waals surface area contributed by atoms with Crippen LogP contribution in [0.25, 0.3) is 0 Å². The third-order valence-electron chi connectivity index (χ3n) is 2.72. The summed E-state index contributed by atoms with van der Waals surface area (Å²) < 4.78 is 0. The molecule has 0 N–H and O–H groups in total. The number of hydrogen-bond acceptors (Lipinski definition) is 1. The Balaban J connectivity index is 2.30. The van der Waals surface area contributed by atoms with E-state index >= 15 is 0 Å². The zero-order valence-corrected chi connectivity index (χ0v) is 5.94. The number of aryl methyl sites for hydroxylation is 1. The van der Waals surface area contributed by atoms with Crippen molar-refractivity contribution in [3.8, 4) is 0 Å². The minimum absolute atomic E-state index is 0.528. The van der Waals surface area contributed by atoms with Crippen LogP contribution in [0.3, 0.4) is 0 Å². The number of rotatable bonds is 0. The summed E-state index contributed by atoms with van der Waals surface area (Å²) in [6, 6.07) is 0. The second kappa shape index (κ2) is 1.14. The Morgan fingerprint density at radius 2 is 2.40 bits per heavy atom. The van der Waals surface area contributed by atoms with Gasteiger partial charge in [0.15, 0.2) is 0 Å². The van der Waals surface area contributed by atoms with Crippen molar-refractivity contribution in [2.75, 3.05) is 0 Å². The molecule has 1 heteroatoms. The molecule has 1 fully saturated rings. The fraction of sp³-hybridized carbons (Fsp3) is 0.444. The standard InChI is InChI=1S/C9H8N/c1-6-4-10-5-7-8(6)9(7)2-3-9/h4H,2-3H2,1H3. The Labute approximate surface area is 60.1 Å².